The molecule has 0 aromatic carbocycles. The van der Waals surface area contributed by atoms with E-state index in [0.717, 1.165) is 23.9 Å². The van der Waals surface area contributed by atoms with Gasteiger partial charge in [-0.25, -0.2) is 9.97 Å². The Kier molecular flexibility index (Phi) is 5.27. The summed E-state index contributed by atoms with van der Waals surface area (Å²) in [5, 5.41) is 3.27. The maximum absolute atomic E-state index is 5.02. The van der Waals surface area contributed by atoms with E-state index in [1.165, 1.54) is 40.7 Å². The van der Waals surface area contributed by atoms with Crippen LogP contribution in [0.4, 0.5) is 5.82 Å². The predicted octanol–water partition coefficient (Wildman–Crippen LogP) is 3.50. The van der Waals surface area contributed by atoms with Crippen molar-refractivity contribution >= 4 is 40.2 Å². The van der Waals surface area contributed by atoms with Gasteiger partial charge in [0.15, 0.2) is 0 Å². The smallest absolute Gasteiger partial charge is 0.149 e. The number of hydrogen-bond acceptors (Lipinski definition) is 5. The third-order valence-corrected chi connectivity index (χ3v) is 6.65. The van der Waals surface area contributed by atoms with Gasteiger partial charge in [0.25, 0.3) is 0 Å². The van der Waals surface area contributed by atoms with Crippen molar-refractivity contribution in [2.75, 3.05) is 37.5 Å². The van der Waals surface area contributed by atoms with Crippen LogP contribution in [0.5, 0.6) is 0 Å². The van der Waals surface area contributed by atoms with Crippen LogP contribution in [0.25, 0.3) is 0 Å². The Bertz CT molecular complexity index is 505. The van der Waals surface area contributed by atoms with Gasteiger partial charge in [0.2, 0.25) is 0 Å². The fourth-order valence-electron chi connectivity index (χ4n) is 3.23. The highest BCUT2D eigenvalue weighted by molar-refractivity contribution is 14.1. The van der Waals surface area contributed by atoms with E-state index in [-0.39, 0.29) is 0 Å². The molecule has 1 aromatic rings. The molecule has 1 unspecified atom stereocenters. The Hall–Kier alpha value is -0.0800. The van der Waals surface area contributed by atoms with Crippen molar-refractivity contribution in [3.63, 3.8) is 0 Å². The zero-order valence-electron chi connectivity index (χ0n) is 12.7. The summed E-state index contributed by atoms with van der Waals surface area (Å²) in [6.07, 6.45) is 5.25. The fraction of sp³-hybridized carbons (Fsp3) is 0.733. The minimum Gasteiger partial charge on any atom is -0.372 e. The van der Waals surface area contributed by atoms with Crippen LogP contribution < -0.4 is 5.32 Å². The summed E-state index contributed by atoms with van der Waals surface area (Å²) in [7, 11) is 4.16. The van der Waals surface area contributed by atoms with E-state index < -0.39 is 0 Å². The van der Waals surface area contributed by atoms with Gasteiger partial charge in [-0.15, -0.1) is 0 Å². The fourth-order valence-corrected chi connectivity index (χ4v) is 5.39. The van der Waals surface area contributed by atoms with E-state index in [0.29, 0.717) is 12.0 Å². The summed E-state index contributed by atoms with van der Waals surface area (Å²) in [6, 6.07) is 0.355. The van der Waals surface area contributed by atoms with Crippen molar-refractivity contribution in [2.24, 2.45) is 0 Å². The number of aromatic nitrogens is 2. The van der Waals surface area contributed by atoms with Crippen LogP contribution in [0.15, 0.2) is 0 Å². The number of rotatable bonds is 3. The van der Waals surface area contributed by atoms with E-state index in [4.69, 9.17) is 9.97 Å². The average Bonchev–Trinajstić information content (AvgIpc) is 3.02. The second-order valence-corrected chi connectivity index (χ2v) is 8.16. The molecule has 0 bridgehead atoms. The summed E-state index contributed by atoms with van der Waals surface area (Å²) < 4.78 is 1.22. The SMILES string of the molecule is CNc1nc(C2CSCCN2C)nc(C2CCCC2)c1I. The molecule has 1 saturated carbocycles. The lowest BCUT2D eigenvalue weighted by molar-refractivity contribution is 0.264. The molecule has 3 rings (SSSR count). The molecule has 1 aliphatic carbocycles. The summed E-state index contributed by atoms with van der Waals surface area (Å²) in [5.74, 6) is 4.96. The predicted molar refractivity (Wildman–Crippen MR) is 98.2 cm³/mol. The highest BCUT2D eigenvalue weighted by Gasteiger charge is 2.28. The quantitative estimate of drug-likeness (QED) is 0.762. The standard InChI is InChI=1S/C15H23IN4S/c1-17-15-12(16)13(10-5-3-4-6-10)18-14(19-15)11-9-21-8-7-20(11)2/h10-11H,3-9H2,1-2H3,(H,17,18,19). The summed E-state index contributed by atoms with van der Waals surface area (Å²) in [4.78, 5) is 12.2. The van der Waals surface area contributed by atoms with Crippen molar-refractivity contribution in [3.05, 3.63) is 15.1 Å². The molecule has 2 heterocycles. The first-order chi connectivity index (χ1) is 10.2. The second-order valence-electron chi connectivity index (χ2n) is 5.93. The number of nitrogens with one attached hydrogen (secondary N) is 1. The lowest BCUT2D eigenvalue weighted by atomic mass is 10.0. The van der Waals surface area contributed by atoms with E-state index in [9.17, 15) is 0 Å². The monoisotopic (exact) mass is 418 g/mol. The Morgan fingerprint density at radius 1 is 1.29 bits per heavy atom. The molecule has 0 amide bonds. The lowest BCUT2D eigenvalue weighted by Crippen LogP contribution is -2.34. The molecule has 4 nitrogen and oxygen atoms in total. The topological polar surface area (TPSA) is 41.1 Å². The van der Waals surface area contributed by atoms with Gasteiger partial charge in [-0.05, 0) is 42.5 Å². The number of nitrogens with zero attached hydrogens (tertiary/aromatic N) is 3. The second kappa shape index (κ2) is 7.00. The highest BCUT2D eigenvalue weighted by atomic mass is 127. The number of halogens is 1. The summed E-state index contributed by atoms with van der Waals surface area (Å²) >= 11 is 4.43. The van der Waals surface area contributed by atoms with Gasteiger partial charge >= 0.3 is 0 Å². The largest absolute Gasteiger partial charge is 0.372 e. The zero-order chi connectivity index (χ0) is 14.8. The van der Waals surface area contributed by atoms with Gasteiger partial charge in [0.05, 0.1) is 15.3 Å². The van der Waals surface area contributed by atoms with Gasteiger partial charge in [-0.3, -0.25) is 4.90 Å². The molecule has 2 fully saturated rings. The van der Waals surface area contributed by atoms with Crippen molar-refractivity contribution in [1.82, 2.24) is 14.9 Å². The van der Waals surface area contributed by atoms with Crippen molar-refractivity contribution in [1.29, 1.82) is 0 Å². The molecule has 1 atom stereocenters. The Labute approximate surface area is 145 Å². The third kappa shape index (κ3) is 3.32. The zero-order valence-corrected chi connectivity index (χ0v) is 15.7. The highest BCUT2D eigenvalue weighted by Crippen LogP contribution is 2.38. The Balaban J connectivity index is 1.98. The molecule has 6 heteroatoms. The molecular weight excluding hydrogens is 395 g/mol. The van der Waals surface area contributed by atoms with E-state index in [2.05, 4.69) is 39.9 Å². The number of hydrogen-bond donors (Lipinski definition) is 1. The van der Waals surface area contributed by atoms with Crippen LogP contribution in [-0.2, 0) is 0 Å². The molecule has 2 aliphatic rings. The van der Waals surface area contributed by atoms with Crippen LogP contribution in [0.2, 0.25) is 0 Å². The van der Waals surface area contributed by atoms with Crippen LogP contribution in [0, 0.1) is 3.57 Å². The Morgan fingerprint density at radius 3 is 2.71 bits per heavy atom. The van der Waals surface area contributed by atoms with Crippen LogP contribution >= 0.6 is 34.4 Å². The van der Waals surface area contributed by atoms with E-state index >= 15 is 0 Å². The molecule has 1 aliphatic heterocycles. The van der Waals surface area contributed by atoms with Crippen molar-refractivity contribution < 1.29 is 0 Å². The first-order valence-electron chi connectivity index (χ1n) is 7.73. The molecule has 116 valence electrons. The normalized spacial score (nSPS) is 24.4. The molecule has 21 heavy (non-hydrogen) atoms. The third-order valence-electron chi connectivity index (χ3n) is 4.57. The number of anilines is 1. The maximum atomic E-state index is 5.02. The van der Waals surface area contributed by atoms with Crippen LogP contribution in [0.3, 0.4) is 0 Å². The van der Waals surface area contributed by atoms with Gasteiger partial charge in [0.1, 0.15) is 11.6 Å². The molecule has 1 N–H and O–H groups in total. The van der Waals surface area contributed by atoms with Gasteiger partial charge < -0.3 is 5.32 Å². The van der Waals surface area contributed by atoms with Crippen molar-refractivity contribution in [2.45, 2.75) is 37.6 Å². The lowest BCUT2D eigenvalue weighted by Gasteiger charge is -2.31. The minimum atomic E-state index is 0.355. The average molecular weight is 418 g/mol. The van der Waals surface area contributed by atoms with Gasteiger partial charge in [0, 0.05) is 31.0 Å². The van der Waals surface area contributed by atoms with E-state index in [1.807, 2.05) is 18.8 Å². The molecule has 1 aromatic heterocycles. The molecule has 0 radical (unpaired) electrons. The molecular formula is C15H23IN4S. The summed E-state index contributed by atoms with van der Waals surface area (Å²) in [5.41, 5.74) is 1.28. The van der Waals surface area contributed by atoms with Crippen LogP contribution in [-0.4, -0.2) is 47.0 Å². The number of thioether (sulfide) groups is 1. The first-order valence-corrected chi connectivity index (χ1v) is 9.97. The molecule has 1 saturated heterocycles. The maximum Gasteiger partial charge on any atom is 0.149 e. The minimum absolute atomic E-state index is 0.355. The molecule has 0 spiro atoms. The van der Waals surface area contributed by atoms with Crippen molar-refractivity contribution in [3.8, 4) is 0 Å². The Morgan fingerprint density at radius 2 is 2.05 bits per heavy atom. The first kappa shape index (κ1) is 15.8. The summed E-state index contributed by atoms with van der Waals surface area (Å²) in [6.45, 7) is 1.12. The van der Waals surface area contributed by atoms with Gasteiger partial charge in [-0.1, -0.05) is 12.8 Å². The van der Waals surface area contributed by atoms with E-state index in [1.54, 1.807) is 0 Å². The van der Waals surface area contributed by atoms with Gasteiger partial charge in [-0.2, -0.15) is 11.8 Å². The van der Waals surface area contributed by atoms with Crippen LogP contribution in [0.1, 0.15) is 49.2 Å².